The van der Waals surface area contributed by atoms with Crippen LogP contribution in [0.2, 0.25) is 0 Å². The van der Waals surface area contributed by atoms with Gasteiger partial charge in [-0.2, -0.15) is 0 Å². The number of nitrogens with one attached hydrogen (secondary N) is 1. The van der Waals surface area contributed by atoms with Crippen LogP contribution in [0, 0.1) is 0 Å². The van der Waals surface area contributed by atoms with Crippen LogP contribution in [0.25, 0.3) is 0 Å². The molecule has 19 heavy (non-hydrogen) atoms. The molecule has 108 valence electrons. The Bertz CT molecular complexity index is 381. The van der Waals surface area contributed by atoms with Crippen LogP contribution in [0.1, 0.15) is 5.69 Å². The van der Waals surface area contributed by atoms with E-state index in [1.54, 1.807) is 21.3 Å². The van der Waals surface area contributed by atoms with Gasteiger partial charge in [-0.3, -0.25) is 5.32 Å². The summed E-state index contributed by atoms with van der Waals surface area (Å²) >= 11 is 3.34. The zero-order valence-corrected chi connectivity index (χ0v) is 12.9. The Hall–Kier alpha value is -0.570. The van der Waals surface area contributed by atoms with E-state index in [-0.39, 0.29) is 20.2 Å². The van der Waals surface area contributed by atoms with Crippen molar-refractivity contribution in [1.82, 2.24) is 10.3 Å². The van der Waals surface area contributed by atoms with Crippen LogP contribution in [-0.2, 0) is 24.7 Å². The van der Waals surface area contributed by atoms with Crippen molar-refractivity contribution in [2.75, 3.05) is 41.5 Å². The van der Waals surface area contributed by atoms with Gasteiger partial charge in [-0.15, -0.1) is 0 Å². The van der Waals surface area contributed by atoms with Gasteiger partial charge in [0.2, 0.25) is 0 Å². The zero-order valence-electron chi connectivity index (χ0n) is 11.3. The molecule has 1 N–H and O–H groups in total. The van der Waals surface area contributed by atoms with Crippen molar-refractivity contribution in [2.24, 2.45) is 0 Å². The minimum absolute atomic E-state index is 0.116. The molecule has 0 spiro atoms. The molecular formula is C12H19BrN2O4. The van der Waals surface area contributed by atoms with Gasteiger partial charge in [-0.05, 0) is 35.1 Å². The Morgan fingerprint density at radius 1 is 1.26 bits per heavy atom. The number of methoxy groups -OCH3 is 2. The first kappa shape index (κ1) is 16.5. The second-order valence-electron chi connectivity index (χ2n) is 3.73. The smallest absolute Gasteiger partial charge is 0.188 e. The molecule has 1 unspecified atom stereocenters. The molecular weight excluding hydrogens is 316 g/mol. The van der Waals surface area contributed by atoms with Gasteiger partial charge in [0.1, 0.15) is 18.2 Å². The molecule has 0 amide bonds. The lowest BCUT2D eigenvalue weighted by Gasteiger charge is -2.32. The van der Waals surface area contributed by atoms with Crippen LogP contribution in [0.4, 0.5) is 0 Å². The highest BCUT2D eigenvalue weighted by atomic mass is 79.9. The van der Waals surface area contributed by atoms with Crippen molar-refractivity contribution in [1.29, 1.82) is 0 Å². The molecule has 0 fully saturated rings. The third-order valence-electron chi connectivity index (χ3n) is 2.46. The predicted octanol–water partition coefficient (Wildman–Crippen LogP) is 1.46. The highest BCUT2D eigenvalue weighted by Gasteiger charge is 2.34. The molecule has 0 aliphatic carbocycles. The molecule has 0 aliphatic rings. The van der Waals surface area contributed by atoms with E-state index in [9.17, 15) is 0 Å². The van der Waals surface area contributed by atoms with Gasteiger partial charge in [0, 0.05) is 14.2 Å². The molecule has 0 bridgehead atoms. The molecule has 7 heteroatoms. The Kier molecular flexibility index (Phi) is 7.44. The fourth-order valence-corrected chi connectivity index (χ4v) is 1.87. The summed E-state index contributed by atoms with van der Waals surface area (Å²) in [4.78, 5) is 4.40. The maximum atomic E-state index is 5.72. The van der Waals surface area contributed by atoms with E-state index in [4.69, 9.17) is 18.9 Å². The highest BCUT2D eigenvalue weighted by molar-refractivity contribution is 9.10. The number of hydrogen-bond acceptors (Lipinski definition) is 6. The lowest BCUT2D eigenvalue weighted by atomic mass is 10.1. The Labute approximate surface area is 121 Å². The first-order valence-corrected chi connectivity index (χ1v) is 6.49. The van der Waals surface area contributed by atoms with Crippen molar-refractivity contribution in [3.63, 3.8) is 0 Å². The van der Waals surface area contributed by atoms with E-state index >= 15 is 0 Å². The van der Waals surface area contributed by atoms with E-state index in [1.807, 2.05) is 18.2 Å². The topological polar surface area (TPSA) is 61.8 Å². The summed E-state index contributed by atoms with van der Waals surface area (Å²) in [6, 6.07) is 5.58. The van der Waals surface area contributed by atoms with Gasteiger partial charge in [0.05, 0.1) is 12.3 Å². The number of hydrogen-bond donors (Lipinski definition) is 1. The Balaban J connectivity index is 2.93. The van der Waals surface area contributed by atoms with E-state index in [2.05, 4.69) is 26.2 Å². The maximum Gasteiger partial charge on any atom is 0.188 e. The van der Waals surface area contributed by atoms with Crippen LogP contribution >= 0.6 is 15.9 Å². The van der Waals surface area contributed by atoms with Gasteiger partial charge >= 0.3 is 0 Å². The van der Waals surface area contributed by atoms with Gasteiger partial charge < -0.3 is 18.9 Å². The number of rotatable bonds is 9. The van der Waals surface area contributed by atoms with Crippen LogP contribution in [0.5, 0.6) is 0 Å². The minimum Gasteiger partial charge on any atom is -0.359 e. The summed E-state index contributed by atoms with van der Waals surface area (Å²) in [6.07, 6.45) is 0. The molecule has 0 aliphatic heterocycles. The highest BCUT2D eigenvalue weighted by Crippen LogP contribution is 2.23. The normalized spacial score (nSPS) is 14.3. The van der Waals surface area contributed by atoms with Crippen LogP contribution in [0.3, 0.4) is 0 Å². The quantitative estimate of drug-likeness (QED) is 0.419. The molecule has 1 atom stereocenters. The summed E-state index contributed by atoms with van der Waals surface area (Å²) in [5.41, 5.74) is -0.198. The average molecular weight is 335 g/mol. The molecule has 1 aromatic heterocycles. The predicted molar refractivity (Wildman–Crippen MR) is 73.5 cm³/mol. The lowest BCUT2D eigenvalue weighted by molar-refractivity contribution is -0.192. The summed E-state index contributed by atoms with van der Waals surface area (Å²) in [5.74, 6) is 0. The Morgan fingerprint density at radius 3 is 2.58 bits per heavy atom. The monoisotopic (exact) mass is 334 g/mol. The third-order valence-corrected chi connectivity index (χ3v) is 2.90. The van der Waals surface area contributed by atoms with Gasteiger partial charge in [-0.1, -0.05) is 6.07 Å². The van der Waals surface area contributed by atoms with Crippen molar-refractivity contribution < 1.29 is 18.9 Å². The van der Waals surface area contributed by atoms with Gasteiger partial charge in [0.25, 0.3) is 0 Å². The molecule has 0 saturated heterocycles. The molecule has 1 heterocycles. The third kappa shape index (κ3) is 4.79. The number of likely N-dealkylation sites (N-methyl/N-ethyl adjacent to an activating group) is 1. The van der Waals surface area contributed by atoms with E-state index < -0.39 is 5.72 Å². The summed E-state index contributed by atoms with van der Waals surface area (Å²) in [5, 5.41) is 3.09. The van der Waals surface area contributed by atoms with Gasteiger partial charge in [0.15, 0.2) is 5.72 Å². The Morgan fingerprint density at radius 2 is 2.00 bits per heavy atom. The largest absolute Gasteiger partial charge is 0.359 e. The number of ether oxygens (including phenoxy) is 4. The summed E-state index contributed by atoms with van der Waals surface area (Å²) < 4.78 is 21.7. The molecule has 0 saturated carbocycles. The zero-order chi connectivity index (χ0) is 14.1. The summed E-state index contributed by atoms with van der Waals surface area (Å²) in [7, 11) is 4.90. The number of halogens is 1. The minimum atomic E-state index is -0.891. The number of aromatic nitrogens is 1. The molecule has 0 aromatic carbocycles. The second-order valence-corrected chi connectivity index (χ2v) is 4.54. The van der Waals surface area contributed by atoms with Crippen molar-refractivity contribution >= 4 is 15.9 Å². The fraction of sp³-hybridized carbons (Fsp3) is 0.583. The van der Waals surface area contributed by atoms with Crippen molar-refractivity contribution in [3.05, 3.63) is 28.5 Å². The lowest BCUT2D eigenvalue weighted by Crippen LogP contribution is -2.48. The summed E-state index contributed by atoms with van der Waals surface area (Å²) in [6.45, 7) is 0.531. The van der Waals surface area contributed by atoms with E-state index in [0.717, 1.165) is 4.60 Å². The standard InChI is InChI=1S/C12H19BrN2O4/c1-14-12(19-9-17-3,7-18-8-16-2)10-5-4-6-11(13)15-10/h4-6,14H,7-9H2,1-3H3. The molecule has 1 rings (SSSR count). The van der Waals surface area contributed by atoms with Crippen molar-refractivity contribution in [2.45, 2.75) is 5.72 Å². The van der Waals surface area contributed by atoms with E-state index in [0.29, 0.717) is 5.69 Å². The molecule has 1 aromatic rings. The van der Waals surface area contributed by atoms with Crippen LogP contribution in [0.15, 0.2) is 22.8 Å². The first-order chi connectivity index (χ1) is 9.18. The SMILES string of the molecule is CNC(COCOC)(OCOC)c1cccc(Br)n1. The number of nitrogens with zero attached hydrogens (tertiary/aromatic N) is 1. The van der Waals surface area contributed by atoms with Crippen molar-refractivity contribution in [3.8, 4) is 0 Å². The van der Waals surface area contributed by atoms with Crippen LogP contribution in [-0.4, -0.2) is 46.4 Å². The van der Waals surface area contributed by atoms with Crippen LogP contribution < -0.4 is 5.32 Å². The first-order valence-electron chi connectivity index (χ1n) is 5.70. The average Bonchev–Trinajstić information content (AvgIpc) is 2.43. The second kappa shape index (κ2) is 8.57. The maximum absolute atomic E-state index is 5.72. The number of pyridine rings is 1. The molecule has 6 nitrogen and oxygen atoms in total. The fourth-order valence-electron chi connectivity index (χ4n) is 1.52. The van der Waals surface area contributed by atoms with Gasteiger partial charge in [-0.25, -0.2) is 4.98 Å². The molecule has 0 radical (unpaired) electrons. The van der Waals surface area contributed by atoms with E-state index in [1.165, 1.54) is 0 Å².